The predicted molar refractivity (Wildman–Crippen MR) is 77.0 cm³/mol. The molecule has 0 aromatic rings. The fourth-order valence-electron chi connectivity index (χ4n) is 2.71. The third-order valence-electron chi connectivity index (χ3n) is 3.96. The number of likely N-dealkylation sites (tertiary alicyclic amines) is 1. The Morgan fingerprint density at radius 3 is 2.53 bits per heavy atom. The van der Waals surface area contributed by atoms with Crippen molar-refractivity contribution in [2.75, 3.05) is 13.1 Å². The van der Waals surface area contributed by atoms with Crippen LogP contribution in [0.5, 0.6) is 0 Å². The first-order valence-corrected chi connectivity index (χ1v) is 7.45. The number of nitrogens with zero attached hydrogens (tertiary/aromatic N) is 1. The average Bonchev–Trinajstić information content (AvgIpc) is 2.51. The van der Waals surface area contributed by atoms with Crippen LogP contribution in [-0.4, -0.2) is 41.8 Å². The third kappa shape index (κ3) is 5.31. The molecule has 0 saturated carbocycles. The predicted octanol–water partition coefficient (Wildman–Crippen LogP) is 1.98. The lowest BCUT2D eigenvalue weighted by atomic mass is 10.0. The first-order chi connectivity index (χ1) is 8.91. The first kappa shape index (κ1) is 16.2. The van der Waals surface area contributed by atoms with Crippen LogP contribution >= 0.6 is 0 Å². The van der Waals surface area contributed by atoms with Gasteiger partial charge in [-0.05, 0) is 39.2 Å². The molecule has 1 fully saturated rings. The summed E-state index contributed by atoms with van der Waals surface area (Å²) >= 11 is 0. The van der Waals surface area contributed by atoms with E-state index < -0.39 is 0 Å². The van der Waals surface area contributed by atoms with Gasteiger partial charge in [-0.15, -0.1) is 0 Å². The minimum atomic E-state index is -0.352. The van der Waals surface area contributed by atoms with Crippen LogP contribution in [-0.2, 0) is 9.59 Å². The van der Waals surface area contributed by atoms with Gasteiger partial charge in [0.25, 0.3) is 0 Å². The molecule has 0 aromatic heterocycles. The summed E-state index contributed by atoms with van der Waals surface area (Å²) in [5, 5.41) is 2.87. The Kier molecular flexibility index (Phi) is 6.49. The van der Waals surface area contributed by atoms with Crippen molar-refractivity contribution in [3.63, 3.8) is 0 Å². The Bertz CT molecular complexity index is 315. The number of hydrogen-bond acceptors (Lipinski definition) is 3. The largest absolute Gasteiger partial charge is 0.345 e. The van der Waals surface area contributed by atoms with Crippen LogP contribution in [0.3, 0.4) is 0 Å². The molecule has 1 aliphatic heterocycles. The number of hydrogen-bond donors (Lipinski definition) is 1. The van der Waals surface area contributed by atoms with Crippen LogP contribution in [0.2, 0.25) is 0 Å². The van der Waals surface area contributed by atoms with Crippen molar-refractivity contribution in [3.05, 3.63) is 0 Å². The van der Waals surface area contributed by atoms with Crippen LogP contribution in [0, 0.1) is 5.92 Å². The minimum absolute atomic E-state index is 0.0253. The highest BCUT2D eigenvalue weighted by Gasteiger charge is 2.23. The molecule has 0 aliphatic carbocycles. The number of carbonyl (C=O) groups excluding carboxylic acids is 2. The summed E-state index contributed by atoms with van der Waals surface area (Å²) in [5.74, 6) is 0.151. The van der Waals surface area contributed by atoms with Gasteiger partial charge < -0.3 is 5.32 Å². The maximum atomic E-state index is 12.1. The summed E-state index contributed by atoms with van der Waals surface area (Å²) in [6, 6.07) is 0.109. The van der Waals surface area contributed by atoms with Crippen molar-refractivity contribution in [2.45, 2.75) is 65.5 Å². The summed E-state index contributed by atoms with van der Waals surface area (Å²) in [4.78, 5) is 25.8. The van der Waals surface area contributed by atoms with Crippen LogP contribution < -0.4 is 5.32 Å². The summed E-state index contributed by atoms with van der Waals surface area (Å²) in [5.41, 5.74) is 0. The standard InChI is InChI=1S/C15H28N2O2/c1-11(2)15(13(4)18)16-14(19)10-17-9-7-5-6-8-12(17)3/h11-12,15H,5-10H2,1-4H3,(H,16,19). The van der Waals surface area contributed by atoms with Gasteiger partial charge in [0.1, 0.15) is 0 Å². The second-order valence-corrected chi connectivity index (χ2v) is 6.07. The number of Topliss-reactive ketones (excluding diaryl/α,β-unsaturated/α-hetero) is 1. The van der Waals surface area contributed by atoms with E-state index in [1.807, 2.05) is 13.8 Å². The Hall–Kier alpha value is -0.900. The summed E-state index contributed by atoms with van der Waals surface area (Å²) in [7, 11) is 0. The van der Waals surface area contributed by atoms with E-state index in [9.17, 15) is 9.59 Å². The Labute approximate surface area is 116 Å². The normalized spacial score (nSPS) is 22.9. The van der Waals surface area contributed by atoms with Gasteiger partial charge in [0.2, 0.25) is 5.91 Å². The van der Waals surface area contributed by atoms with Gasteiger partial charge in [0.15, 0.2) is 5.78 Å². The number of carbonyl (C=O) groups is 2. The maximum absolute atomic E-state index is 12.1. The lowest BCUT2D eigenvalue weighted by molar-refractivity contribution is -0.128. The second kappa shape index (κ2) is 7.63. The van der Waals surface area contributed by atoms with Gasteiger partial charge in [-0.2, -0.15) is 0 Å². The molecule has 4 nitrogen and oxygen atoms in total. The van der Waals surface area contributed by atoms with E-state index in [2.05, 4.69) is 17.1 Å². The molecule has 1 N–H and O–H groups in total. The molecule has 2 unspecified atom stereocenters. The molecule has 1 aliphatic rings. The van der Waals surface area contributed by atoms with Crippen LogP contribution in [0.1, 0.15) is 53.4 Å². The van der Waals surface area contributed by atoms with Gasteiger partial charge in [-0.3, -0.25) is 14.5 Å². The molecule has 2 atom stereocenters. The number of nitrogens with one attached hydrogen (secondary N) is 1. The van der Waals surface area contributed by atoms with Gasteiger partial charge in [-0.25, -0.2) is 0 Å². The van der Waals surface area contributed by atoms with Crippen molar-refractivity contribution >= 4 is 11.7 Å². The van der Waals surface area contributed by atoms with E-state index in [0.29, 0.717) is 12.6 Å². The van der Waals surface area contributed by atoms with Crippen molar-refractivity contribution in [3.8, 4) is 0 Å². The third-order valence-corrected chi connectivity index (χ3v) is 3.96. The Balaban J connectivity index is 2.51. The zero-order valence-electron chi connectivity index (χ0n) is 12.7. The topological polar surface area (TPSA) is 49.4 Å². The molecule has 1 amide bonds. The zero-order valence-corrected chi connectivity index (χ0v) is 12.7. The minimum Gasteiger partial charge on any atom is -0.345 e. The zero-order chi connectivity index (χ0) is 14.4. The van der Waals surface area contributed by atoms with Crippen LogP contribution in [0.25, 0.3) is 0 Å². The molecule has 0 spiro atoms. The van der Waals surface area contributed by atoms with E-state index in [-0.39, 0.29) is 23.7 Å². The van der Waals surface area contributed by atoms with E-state index >= 15 is 0 Å². The summed E-state index contributed by atoms with van der Waals surface area (Å²) in [6.07, 6.45) is 4.83. The number of rotatable bonds is 5. The van der Waals surface area contributed by atoms with Crippen molar-refractivity contribution in [2.24, 2.45) is 5.92 Å². The fourth-order valence-corrected chi connectivity index (χ4v) is 2.71. The van der Waals surface area contributed by atoms with Gasteiger partial charge in [0.05, 0.1) is 12.6 Å². The van der Waals surface area contributed by atoms with Crippen molar-refractivity contribution in [1.82, 2.24) is 10.2 Å². The van der Waals surface area contributed by atoms with Crippen LogP contribution in [0.15, 0.2) is 0 Å². The molecule has 19 heavy (non-hydrogen) atoms. The van der Waals surface area contributed by atoms with E-state index in [1.165, 1.54) is 12.8 Å². The average molecular weight is 268 g/mol. The lowest BCUT2D eigenvalue weighted by Gasteiger charge is -2.27. The van der Waals surface area contributed by atoms with Gasteiger partial charge in [0, 0.05) is 6.04 Å². The Morgan fingerprint density at radius 1 is 1.26 bits per heavy atom. The summed E-state index contributed by atoms with van der Waals surface area (Å²) < 4.78 is 0. The first-order valence-electron chi connectivity index (χ1n) is 7.45. The summed E-state index contributed by atoms with van der Waals surface area (Å²) in [6.45, 7) is 9.05. The quantitative estimate of drug-likeness (QED) is 0.829. The maximum Gasteiger partial charge on any atom is 0.234 e. The highest BCUT2D eigenvalue weighted by atomic mass is 16.2. The van der Waals surface area contributed by atoms with Gasteiger partial charge in [-0.1, -0.05) is 26.7 Å². The molecule has 4 heteroatoms. The highest BCUT2D eigenvalue weighted by Crippen LogP contribution is 2.15. The molecule has 110 valence electrons. The molecule has 1 rings (SSSR count). The molecular formula is C15H28N2O2. The second-order valence-electron chi connectivity index (χ2n) is 6.07. The fraction of sp³-hybridized carbons (Fsp3) is 0.867. The lowest BCUT2D eigenvalue weighted by Crippen LogP contribution is -2.48. The number of ketones is 1. The molecular weight excluding hydrogens is 240 g/mol. The van der Waals surface area contributed by atoms with Crippen LogP contribution in [0.4, 0.5) is 0 Å². The molecule has 0 radical (unpaired) electrons. The van der Waals surface area contributed by atoms with E-state index in [1.54, 1.807) is 6.92 Å². The van der Waals surface area contributed by atoms with E-state index in [4.69, 9.17) is 0 Å². The molecule has 0 aromatic carbocycles. The highest BCUT2D eigenvalue weighted by molar-refractivity contribution is 5.88. The smallest absolute Gasteiger partial charge is 0.234 e. The van der Waals surface area contributed by atoms with Gasteiger partial charge >= 0.3 is 0 Å². The number of amides is 1. The molecule has 1 saturated heterocycles. The monoisotopic (exact) mass is 268 g/mol. The van der Waals surface area contributed by atoms with E-state index in [0.717, 1.165) is 19.4 Å². The Morgan fingerprint density at radius 2 is 1.95 bits per heavy atom. The molecule has 0 bridgehead atoms. The van der Waals surface area contributed by atoms with Crippen molar-refractivity contribution in [1.29, 1.82) is 0 Å². The SMILES string of the molecule is CC(=O)C(NC(=O)CN1CCCCCC1C)C(C)C. The van der Waals surface area contributed by atoms with Crippen molar-refractivity contribution < 1.29 is 9.59 Å². The molecule has 1 heterocycles.